The van der Waals surface area contributed by atoms with Crippen LogP contribution in [0.1, 0.15) is 10.6 Å². The maximum absolute atomic E-state index is 4.51. The van der Waals surface area contributed by atoms with Gasteiger partial charge in [-0.15, -0.1) is 11.3 Å². The van der Waals surface area contributed by atoms with Crippen LogP contribution in [-0.4, -0.2) is 14.4 Å². The number of aryl methyl sites for hydroxylation is 2. The molecule has 0 aliphatic carbocycles. The predicted molar refractivity (Wildman–Crippen MR) is 79.8 cm³/mol. The second-order valence-electron chi connectivity index (χ2n) is 4.81. The molecule has 3 nitrogen and oxygen atoms in total. The van der Waals surface area contributed by atoms with Crippen molar-refractivity contribution in [2.75, 3.05) is 0 Å². The van der Waals surface area contributed by atoms with Crippen molar-refractivity contribution in [1.82, 2.24) is 14.4 Å². The van der Waals surface area contributed by atoms with Crippen molar-refractivity contribution in [2.24, 2.45) is 0 Å². The molecule has 0 radical (unpaired) electrons. The van der Waals surface area contributed by atoms with Crippen LogP contribution in [0.4, 0.5) is 0 Å². The number of nitrogens with zero attached hydrogens (tertiary/aromatic N) is 2. The number of aromatic amines is 1. The Morgan fingerprint density at radius 1 is 1.21 bits per heavy atom. The molecule has 0 unspecified atom stereocenters. The average molecular weight is 267 g/mol. The number of rotatable bonds is 1. The molecule has 0 amide bonds. The van der Waals surface area contributed by atoms with Gasteiger partial charge in [0.2, 0.25) is 0 Å². The maximum atomic E-state index is 4.51. The Morgan fingerprint density at radius 3 is 2.95 bits per heavy atom. The fraction of sp³-hybridized carbons (Fsp3) is 0.133. The molecule has 19 heavy (non-hydrogen) atoms. The van der Waals surface area contributed by atoms with Crippen molar-refractivity contribution in [1.29, 1.82) is 0 Å². The molecule has 4 rings (SSSR count). The Bertz CT molecular complexity index is 895. The summed E-state index contributed by atoms with van der Waals surface area (Å²) >= 11 is 1.72. The third kappa shape index (κ3) is 1.47. The van der Waals surface area contributed by atoms with Crippen LogP contribution in [0.3, 0.4) is 0 Å². The fourth-order valence-electron chi connectivity index (χ4n) is 2.69. The van der Waals surface area contributed by atoms with Gasteiger partial charge in [0.05, 0.1) is 11.9 Å². The zero-order valence-electron chi connectivity index (χ0n) is 10.8. The summed E-state index contributed by atoms with van der Waals surface area (Å²) in [6.07, 6.45) is 4.12. The number of hydrogen-bond acceptors (Lipinski definition) is 2. The topological polar surface area (TPSA) is 33.1 Å². The molecule has 0 fully saturated rings. The van der Waals surface area contributed by atoms with E-state index in [1.165, 1.54) is 27.0 Å². The molecule has 3 aromatic heterocycles. The van der Waals surface area contributed by atoms with E-state index in [1.807, 2.05) is 6.20 Å². The molecule has 0 atom stereocenters. The van der Waals surface area contributed by atoms with E-state index in [1.54, 1.807) is 11.3 Å². The Labute approximate surface area is 114 Å². The van der Waals surface area contributed by atoms with Crippen LogP contribution < -0.4 is 0 Å². The first-order valence-corrected chi connectivity index (χ1v) is 7.07. The third-order valence-corrected chi connectivity index (χ3v) is 4.39. The van der Waals surface area contributed by atoms with Gasteiger partial charge < -0.3 is 4.98 Å². The first-order chi connectivity index (χ1) is 9.24. The lowest BCUT2D eigenvalue weighted by atomic mass is 10.1. The van der Waals surface area contributed by atoms with Crippen LogP contribution in [0.2, 0.25) is 0 Å². The smallest absolute Gasteiger partial charge is 0.194 e. The summed E-state index contributed by atoms with van der Waals surface area (Å²) in [7, 11) is 0. The SMILES string of the molecule is Cc1cn2c(-c3c(C)[nH]c4ccccc34)cnc2s1. The van der Waals surface area contributed by atoms with Gasteiger partial charge in [-0.3, -0.25) is 4.40 Å². The van der Waals surface area contributed by atoms with Crippen molar-refractivity contribution in [3.63, 3.8) is 0 Å². The highest BCUT2D eigenvalue weighted by Gasteiger charge is 2.15. The number of benzene rings is 1. The van der Waals surface area contributed by atoms with Gasteiger partial charge in [-0.1, -0.05) is 18.2 Å². The Balaban J connectivity index is 2.11. The molecule has 0 spiro atoms. The number of thiazole rings is 1. The molecule has 0 aliphatic rings. The van der Waals surface area contributed by atoms with Gasteiger partial charge in [0, 0.05) is 33.2 Å². The quantitative estimate of drug-likeness (QED) is 0.552. The third-order valence-electron chi connectivity index (χ3n) is 3.48. The number of hydrogen-bond donors (Lipinski definition) is 1. The van der Waals surface area contributed by atoms with E-state index in [9.17, 15) is 0 Å². The van der Waals surface area contributed by atoms with Crippen LogP contribution in [0.25, 0.3) is 27.1 Å². The van der Waals surface area contributed by atoms with Crippen molar-refractivity contribution < 1.29 is 0 Å². The van der Waals surface area contributed by atoms with Gasteiger partial charge in [0.1, 0.15) is 0 Å². The second-order valence-corrected chi connectivity index (χ2v) is 6.02. The van der Waals surface area contributed by atoms with E-state index in [0.29, 0.717) is 0 Å². The van der Waals surface area contributed by atoms with E-state index in [2.05, 4.69) is 58.7 Å². The molecular weight excluding hydrogens is 254 g/mol. The molecule has 94 valence electrons. The summed E-state index contributed by atoms with van der Waals surface area (Å²) in [5, 5.41) is 1.26. The molecule has 0 bridgehead atoms. The molecule has 0 saturated carbocycles. The second kappa shape index (κ2) is 3.71. The maximum Gasteiger partial charge on any atom is 0.194 e. The summed E-state index contributed by atoms with van der Waals surface area (Å²) in [6.45, 7) is 4.24. The van der Waals surface area contributed by atoms with Gasteiger partial charge in [-0.25, -0.2) is 4.98 Å². The van der Waals surface area contributed by atoms with Crippen LogP contribution >= 0.6 is 11.3 Å². The van der Waals surface area contributed by atoms with E-state index >= 15 is 0 Å². The molecule has 4 heteroatoms. The van der Waals surface area contributed by atoms with E-state index < -0.39 is 0 Å². The standard InChI is InChI=1S/C15H13N3S/c1-9-8-18-13(7-16-15(18)19-9)14-10(2)17-12-6-4-3-5-11(12)14/h3-8,17H,1-2H3. The fourth-order valence-corrected chi connectivity index (χ4v) is 3.49. The number of fused-ring (bicyclic) bond motifs is 2. The van der Waals surface area contributed by atoms with Crippen LogP contribution in [0.5, 0.6) is 0 Å². The normalized spacial score (nSPS) is 11.7. The monoisotopic (exact) mass is 267 g/mol. The number of para-hydroxylation sites is 1. The lowest BCUT2D eigenvalue weighted by Gasteiger charge is -1.99. The number of imidazole rings is 1. The molecule has 3 heterocycles. The summed E-state index contributed by atoms with van der Waals surface area (Å²) in [6, 6.07) is 8.41. The molecular formula is C15H13N3S. The summed E-state index contributed by atoms with van der Waals surface area (Å²) < 4.78 is 2.18. The minimum atomic E-state index is 1.05. The highest BCUT2D eigenvalue weighted by atomic mass is 32.1. The van der Waals surface area contributed by atoms with Crippen molar-refractivity contribution in [2.45, 2.75) is 13.8 Å². The van der Waals surface area contributed by atoms with Gasteiger partial charge in [0.25, 0.3) is 0 Å². The van der Waals surface area contributed by atoms with Gasteiger partial charge in [0.15, 0.2) is 4.96 Å². The van der Waals surface area contributed by atoms with E-state index in [0.717, 1.165) is 10.7 Å². The first kappa shape index (κ1) is 10.8. The van der Waals surface area contributed by atoms with Gasteiger partial charge in [-0.2, -0.15) is 0 Å². The zero-order chi connectivity index (χ0) is 13.0. The number of aromatic nitrogens is 3. The van der Waals surface area contributed by atoms with Crippen molar-refractivity contribution in [3.05, 3.63) is 47.2 Å². The Morgan fingerprint density at radius 2 is 2.05 bits per heavy atom. The highest BCUT2D eigenvalue weighted by Crippen LogP contribution is 2.33. The van der Waals surface area contributed by atoms with Crippen molar-refractivity contribution in [3.8, 4) is 11.3 Å². The Hall–Kier alpha value is -2.07. The van der Waals surface area contributed by atoms with Crippen LogP contribution in [0.15, 0.2) is 36.7 Å². The number of H-pyrrole nitrogens is 1. The molecule has 1 aromatic carbocycles. The summed E-state index contributed by atoms with van der Waals surface area (Å²) in [4.78, 5) is 10.3. The molecule has 0 saturated heterocycles. The summed E-state index contributed by atoms with van der Waals surface area (Å²) in [5.74, 6) is 0. The van der Waals surface area contributed by atoms with Crippen molar-refractivity contribution >= 4 is 27.2 Å². The molecule has 4 aromatic rings. The summed E-state index contributed by atoms with van der Waals surface area (Å²) in [5.41, 5.74) is 4.78. The van der Waals surface area contributed by atoms with E-state index in [4.69, 9.17) is 0 Å². The zero-order valence-corrected chi connectivity index (χ0v) is 11.6. The Kier molecular flexibility index (Phi) is 2.11. The molecule has 0 aliphatic heterocycles. The average Bonchev–Trinajstić information content (AvgIpc) is 3.01. The van der Waals surface area contributed by atoms with Gasteiger partial charge >= 0.3 is 0 Å². The number of nitrogens with one attached hydrogen (secondary N) is 1. The predicted octanol–water partition coefficient (Wildman–Crippen LogP) is 4.16. The largest absolute Gasteiger partial charge is 0.358 e. The van der Waals surface area contributed by atoms with Gasteiger partial charge in [-0.05, 0) is 19.9 Å². The highest BCUT2D eigenvalue weighted by molar-refractivity contribution is 7.17. The molecule has 1 N–H and O–H groups in total. The van der Waals surface area contributed by atoms with E-state index in [-0.39, 0.29) is 0 Å². The minimum absolute atomic E-state index is 1.05. The lowest BCUT2D eigenvalue weighted by molar-refractivity contribution is 1.21. The lowest BCUT2D eigenvalue weighted by Crippen LogP contribution is -1.85. The van der Waals surface area contributed by atoms with Crippen LogP contribution in [-0.2, 0) is 0 Å². The first-order valence-electron chi connectivity index (χ1n) is 6.25. The minimum Gasteiger partial charge on any atom is -0.358 e. The van der Waals surface area contributed by atoms with Crippen LogP contribution in [0, 0.1) is 13.8 Å².